The summed E-state index contributed by atoms with van der Waals surface area (Å²) < 4.78 is 6.93. The van der Waals surface area contributed by atoms with E-state index in [1.54, 1.807) is 7.05 Å². The summed E-state index contributed by atoms with van der Waals surface area (Å²) in [4.78, 5) is 10.6. The summed E-state index contributed by atoms with van der Waals surface area (Å²) in [5.41, 5.74) is -2.18. The number of amides is 1. The first-order chi connectivity index (χ1) is 6.60. The van der Waals surface area contributed by atoms with Gasteiger partial charge in [-0.2, -0.15) is 0 Å². The maximum atomic E-state index is 10.6. The molecule has 3 nitrogen and oxygen atoms in total. The summed E-state index contributed by atoms with van der Waals surface area (Å²) in [6.45, 7) is 2.41. The van der Waals surface area contributed by atoms with Gasteiger partial charge in [0.1, 0.15) is 0 Å². The molecule has 1 unspecified atom stereocenters. The highest BCUT2D eigenvalue weighted by atomic mass is 35.5. The first-order valence-electron chi connectivity index (χ1n) is 4.24. The average molecular weight is 276 g/mol. The number of alkyl halides is 1. The molecular weight excluding hydrogens is 261 g/mol. The van der Waals surface area contributed by atoms with Crippen LogP contribution < -0.4 is 0 Å². The maximum absolute atomic E-state index is 10.6. The summed E-state index contributed by atoms with van der Waals surface area (Å²) in [7, 11) is 1.66. The minimum absolute atomic E-state index is 0.531. The number of carbonyl (C=O) groups is 1. The SMILES string of the molecule is CCOP(=S)(SCCCCl)N(C)C=O. The van der Waals surface area contributed by atoms with Crippen LogP contribution in [-0.2, 0) is 21.1 Å². The van der Waals surface area contributed by atoms with Crippen LogP contribution in [-0.4, -0.2) is 36.4 Å². The molecule has 1 atom stereocenters. The highest BCUT2D eigenvalue weighted by molar-refractivity contribution is 8.68. The van der Waals surface area contributed by atoms with Gasteiger partial charge in [-0.25, -0.2) is 0 Å². The smallest absolute Gasteiger partial charge is 0.215 e. The lowest BCUT2D eigenvalue weighted by atomic mass is 10.6. The Hall–Kier alpha value is 0.720. The van der Waals surface area contributed by atoms with E-state index in [-0.39, 0.29) is 0 Å². The quantitative estimate of drug-likeness (QED) is 0.295. The van der Waals surface area contributed by atoms with Crippen molar-refractivity contribution in [3.63, 3.8) is 0 Å². The van der Waals surface area contributed by atoms with Gasteiger partial charge in [0, 0.05) is 18.7 Å². The predicted molar refractivity (Wildman–Crippen MR) is 67.5 cm³/mol. The van der Waals surface area contributed by atoms with Crippen LogP contribution in [0.2, 0.25) is 0 Å². The molecule has 0 fully saturated rings. The lowest BCUT2D eigenvalue weighted by Gasteiger charge is -2.27. The lowest BCUT2D eigenvalue weighted by molar-refractivity contribution is -0.113. The van der Waals surface area contributed by atoms with E-state index in [4.69, 9.17) is 27.9 Å². The summed E-state index contributed by atoms with van der Waals surface area (Å²) in [6, 6.07) is 0. The van der Waals surface area contributed by atoms with E-state index in [2.05, 4.69) is 0 Å². The van der Waals surface area contributed by atoms with Crippen molar-refractivity contribution in [3.05, 3.63) is 0 Å². The minimum Gasteiger partial charge on any atom is -0.327 e. The third kappa shape index (κ3) is 4.99. The molecule has 0 heterocycles. The average Bonchev–Trinajstić information content (AvgIpc) is 2.17. The predicted octanol–water partition coefficient (Wildman–Crippen LogP) is 2.70. The Morgan fingerprint density at radius 1 is 1.71 bits per heavy atom. The number of halogens is 1. The molecule has 0 bridgehead atoms. The molecule has 14 heavy (non-hydrogen) atoms. The van der Waals surface area contributed by atoms with E-state index in [9.17, 15) is 4.79 Å². The largest absolute Gasteiger partial charge is 0.327 e. The summed E-state index contributed by atoms with van der Waals surface area (Å²) in [5.74, 6) is 1.44. The zero-order valence-electron chi connectivity index (χ0n) is 8.31. The van der Waals surface area contributed by atoms with Gasteiger partial charge in [0.15, 0.2) is 0 Å². The Labute approximate surface area is 99.4 Å². The van der Waals surface area contributed by atoms with E-state index < -0.39 is 5.62 Å². The van der Waals surface area contributed by atoms with E-state index >= 15 is 0 Å². The molecule has 0 aromatic rings. The standard InChI is InChI=1S/C7H15ClNO2PS2/c1-3-11-12(13,9(2)7-10)14-6-4-5-8/h7H,3-6H2,1-2H3. The Morgan fingerprint density at radius 2 is 2.36 bits per heavy atom. The number of rotatable bonds is 8. The first kappa shape index (κ1) is 14.7. The third-order valence-corrected chi connectivity index (χ3v) is 8.53. The van der Waals surface area contributed by atoms with Crippen molar-refractivity contribution >= 4 is 46.8 Å². The molecule has 0 saturated heterocycles. The van der Waals surface area contributed by atoms with Gasteiger partial charge in [-0.05, 0) is 25.2 Å². The monoisotopic (exact) mass is 275 g/mol. The van der Waals surface area contributed by atoms with Gasteiger partial charge in [-0.15, -0.1) is 11.6 Å². The van der Waals surface area contributed by atoms with Crippen LogP contribution in [0.1, 0.15) is 13.3 Å². The van der Waals surface area contributed by atoms with Crippen molar-refractivity contribution in [1.82, 2.24) is 4.67 Å². The van der Waals surface area contributed by atoms with Crippen molar-refractivity contribution in [3.8, 4) is 0 Å². The van der Waals surface area contributed by atoms with Crippen LogP contribution in [0.25, 0.3) is 0 Å². The molecule has 1 amide bonds. The molecule has 0 aromatic heterocycles. The number of carbonyl (C=O) groups excluding carboxylic acids is 1. The summed E-state index contributed by atoms with van der Waals surface area (Å²) >= 11 is 12.4. The van der Waals surface area contributed by atoms with Gasteiger partial charge in [0.2, 0.25) is 12.0 Å². The van der Waals surface area contributed by atoms with Crippen LogP contribution in [0.4, 0.5) is 0 Å². The Morgan fingerprint density at radius 3 is 2.79 bits per heavy atom. The topological polar surface area (TPSA) is 29.5 Å². The van der Waals surface area contributed by atoms with E-state index in [0.29, 0.717) is 12.5 Å². The second-order valence-electron chi connectivity index (χ2n) is 2.44. The van der Waals surface area contributed by atoms with Crippen molar-refractivity contribution in [1.29, 1.82) is 0 Å². The zero-order chi connectivity index (χ0) is 11.0. The van der Waals surface area contributed by atoms with E-state index in [0.717, 1.165) is 18.6 Å². The van der Waals surface area contributed by atoms with Gasteiger partial charge < -0.3 is 4.52 Å². The Balaban J connectivity index is 4.24. The normalized spacial score (nSPS) is 14.8. The van der Waals surface area contributed by atoms with Gasteiger partial charge >= 0.3 is 0 Å². The van der Waals surface area contributed by atoms with Crippen LogP contribution in [0, 0.1) is 0 Å². The van der Waals surface area contributed by atoms with Crippen molar-refractivity contribution in [2.75, 3.05) is 25.3 Å². The van der Waals surface area contributed by atoms with Crippen LogP contribution in [0.5, 0.6) is 0 Å². The summed E-state index contributed by atoms with van der Waals surface area (Å²) in [6.07, 6.45) is 1.61. The van der Waals surface area contributed by atoms with Crippen LogP contribution in [0.15, 0.2) is 0 Å². The van der Waals surface area contributed by atoms with Crippen molar-refractivity contribution < 1.29 is 9.32 Å². The first-order valence-corrected chi connectivity index (χ1v) is 9.04. The molecule has 7 heteroatoms. The fourth-order valence-electron chi connectivity index (χ4n) is 0.675. The van der Waals surface area contributed by atoms with Crippen molar-refractivity contribution in [2.45, 2.75) is 13.3 Å². The zero-order valence-corrected chi connectivity index (χ0v) is 11.6. The molecule has 0 saturated carbocycles. The molecule has 0 rings (SSSR count). The van der Waals surface area contributed by atoms with Gasteiger partial charge in [-0.1, -0.05) is 11.4 Å². The second kappa shape index (κ2) is 7.94. The van der Waals surface area contributed by atoms with E-state index in [1.807, 2.05) is 6.92 Å². The molecule has 0 N–H and O–H groups in total. The fraction of sp³-hybridized carbons (Fsp3) is 0.857. The molecule has 0 aliphatic heterocycles. The fourth-order valence-corrected chi connectivity index (χ4v) is 5.74. The number of hydrogen-bond donors (Lipinski definition) is 0. The van der Waals surface area contributed by atoms with Crippen LogP contribution >= 0.6 is 28.6 Å². The van der Waals surface area contributed by atoms with Gasteiger partial charge in [0.05, 0.1) is 6.61 Å². The minimum atomic E-state index is -2.18. The van der Waals surface area contributed by atoms with Gasteiger partial charge in [-0.3, -0.25) is 9.46 Å². The summed E-state index contributed by atoms with van der Waals surface area (Å²) in [5, 5.41) is 0. The number of nitrogens with zero attached hydrogens (tertiary/aromatic N) is 1. The van der Waals surface area contributed by atoms with E-state index in [1.165, 1.54) is 16.1 Å². The highest BCUT2D eigenvalue weighted by Gasteiger charge is 2.22. The molecule has 0 aliphatic rings. The lowest BCUT2D eigenvalue weighted by Crippen LogP contribution is -2.12. The van der Waals surface area contributed by atoms with Gasteiger partial charge in [0.25, 0.3) is 0 Å². The second-order valence-corrected chi connectivity index (χ2v) is 9.75. The molecule has 0 aromatic carbocycles. The van der Waals surface area contributed by atoms with Crippen LogP contribution in [0.3, 0.4) is 0 Å². The highest BCUT2D eigenvalue weighted by Crippen LogP contribution is 2.61. The van der Waals surface area contributed by atoms with Crippen molar-refractivity contribution in [2.24, 2.45) is 0 Å². The molecular formula is C7H15ClNO2PS2. The molecule has 0 aliphatic carbocycles. The third-order valence-electron chi connectivity index (χ3n) is 1.36. The maximum Gasteiger partial charge on any atom is 0.215 e. The Bertz CT molecular complexity index is 218. The molecule has 0 radical (unpaired) electrons. The number of hydrogen-bond acceptors (Lipinski definition) is 4. The Kier molecular flexibility index (Phi) is 8.35. The molecule has 0 spiro atoms. The molecule has 84 valence electrons.